The molecule has 1 unspecified atom stereocenters. The van der Waals surface area contributed by atoms with Crippen LogP contribution in [0.1, 0.15) is 66.3 Å². The van der Waals surface area contributed by atoms with Gasteiger partial charge in [-0.05, 0) is 68.5 Å². The van der Waals surface area contributed by atoms with Crippen LogP contribution in [-0.2, 0) is 12.1 Å². The molecule has 0 radical (unpaired) electrons. The van der Waals surface area contributed by atoms with E-state index in [0.29, 0.717) is 54.1 Å². The minimum Gasteiger partial charge on any atom is -0.384 e. The van der Waals surface area contributed by atoms with Gasteiger partial charge in [-0.2, -0.15) is 0 Å². The molecule has 3 aromatic rings. The first-order valence-electron chi connectivity index (χ1n) is 11.4. The van der Waals surface area contributed by atoms with Crippen molar-refractivity contribution in [3.63, 3.8) is 0 Å². The highest BCUT2D eigenvalue weighted by atomic mass is 19.1. The van der Waals surface area contributed by atoms with Gasteiger partial charge in [0.15, 0.2) is 0 Å². The first-order valence-corrected chi connectivity index (χ1v) is 11.4. The minimum absolute atomic E-state index is 0.0179. The van der Waals surface area contributed by atoms with Crippen LogP contribution in [0.2, 0.25) is 0 Å². The number of halogens is 1. The van der Waals surface area contributed by atoms with E-state index in [1.807, 2.05) is 19.9 Å². The van der Waals surface area contributed by atoms with Crippen LogP contribution >= 0.6 is 0 Å². The molecule has 2 aromatic heterocycles. The number of pyridine rings is 2. The Bertz CT molecular complexity index is 1220. The van der Waals surface area contributed by atoms with Gasteiger partial charge in [-0.3, -0.25) is 9.78 Å². The number of hydrogen-bond acceptors (Lipinski definition) is 5. The maximum absolute atomic E-state index is 15.1. The lowest BCUT2D eigenvalue weighted by molar-refractivity contribution is -0.0425. The van der Waals surface area contributed by atoms with Crippen molar-refractivity contribution in [1.82, 2.24) is 14.9 Å². The summed E-state index contributed by atoms with van der Waals surface area (Å²) in [6, 6.07) is 10.3. The van der Waals surface area contributed by atoms with Gasteiger partial charge in [-0.15, -0.1) is 0 Å². The lowest BCUT2D eigenvalue weighted by Gasteiger charge is -2.36. The molecule has 1 aromatic carbocycles. The van der Waals surface area contributed by atoms with E-state index in [-0.39, 0.29) is 17.8 Å². The number of fused-ring (bicyclic) bond motifs is 1. The fraction of sp³-hybridized carbons (Fsp3) is 0.346. The van der Waals surface area contributed by atoms with Crippen molar-refractivity contribution >= 4 is 11.7 Å². The summed E-state index contributed by atoms with van der Waals surface area (Å²) in [4.78, 5) is 23.0. The van der Waals surface area contributed by atoms with Gasteiger partial charge in [-0.25, -0.2) is 9.37 Å². The second-order valence-corrected chi connectivity index (χ2v) is 8.93. The molecule has 7 heteroatoms. The van der Waals surface area contributed by atoms with Crippen molar-refractivity contribution in [3.05, 3.63) is 77.0 Å². The fourth-order valence-corrected chi connectivity index (χ4v) is 4.61. The predicted octanol–water partition coefficient (Wildman–Crippen LogP) is 4.80. The number of aliphatic hydroxyl groups is 1. The fourth-order valence-electron chi connectivity index (χ4n) is 4.61. The van der Waals surface area contributed by atoms with Crippen LogP contribution in [0.25, 0.3) is 11.1 Å². The zero-order valence-corrected chi connectivity index (χ0v) is 18.8. The van der Waals surface area contributed by atoms with Crippen molar-refractivity contribution in [3.8, 4) is 11.1 Å². The molecule has 2 aliphatic rings. The molecule has 6 nitrogen and oxygen atoms in total. The number of carbonyl (C=O) groups is 1. The standard InChI is InChI=1S/C26H27FN4O2/c1-3-31-15-21-20(25(31)32)8-12-29-24(21)30-16(2)17-5-6-19(22(27)13-17)18-7-11-28-23(14-18)26(33)9-4-10-26/h5-8,11-14,16,33H,3-4,9-10,15H2,1-2H3,(H,29,30). The summed E-state index contributed by atoms with van der Waals surface area (Å²) in [5, 5.41) is 14.0. The van der Waals surface area contributed by atoms with E-state index >= 15 is 4.39 Å². The van der Waals surface area contributed by atoms with Crippen LogP contribution in [0.5, 0.6) is 0 Å². The number of hydrogen-bond donors (Lipinski definition) is 2. The summed E-state index contributed by atoms with van der Waals surface area (Å²) < 4.78 is 15.1. The third-order valence-electron chi connectivity index (χ3n) is 6.88. The topological polar surface area (TPSA) is 78.3 Å². The molecule has 170 valence electrons. The molecule has 5 rings (SSSR count). The van der Waals surface area contributed by atoms with Crippen LogP contribution in [-0.4, -0.2) is 32.4 Å². The second kappa shape index (κ2) is 8.23. The summed E-state index contributed by atoms with van der Waals surface area (Å²) in [5.74, 6) is 0.336. The van der Waals surface area contributed by atoms with Gasteiger partial charge in [0.25, 0.3) is 5.91 Å². The summed E-state index contributed by atoms with van der Waals surface area (Å²) >= 11 is 0. The average Bonchev–Trinajstić information content (AvgIpc) is 3.14. The van der Waals surface area contributed by atoms with Gasteiger partial charge < -0.3 is 15.3 Å². The third kappa shape index (κ3) is 3.76. The van der Waals surface area contributed by atoms with Crippen LogP contribution < -0.4 is 5.32 Å². The SMILES string of the molecule is CCN1Cc2c(ccnc2NC(C)c2ccc(-c3ccnc(C4(O)CCC4)c3)c(F)c2)C1=O. The molecule has 0 spiro atoms. The Morgan fingerprint density at radius 2 is 1.94 bits per heavy atom. The van der Waals surface area contributed by atoms with Gasteiger partial charge in [0.2, 0.25) is 0 Å². The summed E-state index contributed by atoms with van der Waals surface area (Å²) in [6.45, 7) is 5.07. The quantitative estimate of drug-likeness (QED) is 0.569. The first kappa shape index (κ1) is 21.5. The number of amides is 1. The second-order valence-electron chi connectivity index (χ2n) is 8.93. The van der Waals surface area contributed by atoms with E-state index in [1.165, 1.54) is 6.07 Å². The molecule has 1 saturated carbocycles. The zero-order chi connectivity index (χ0) is 23.2. The van der Waals surface area contributed by atoms with Gasteiger partial charge in [-0.1, -0.05) is 12.1 Å². The number of nitrogens with zero attached hydrogens (tertiary/aromatic N) is 3. The van der Waals surface area contributed by atoms with Crippen LogP contribution in [0, 0.1) is 5.82 Å². The van der Waals surface area contributed by atoms with Gasteiger partial charge in [0.1, 0.15) is 17.2 Å². The Labute approximate surface area is 192 Å². The lowest BCUT2D eigenvalue weighted by atomic mass is 9.77. The molecule has 1 atom stereocenters. The molecule has 1 aliphatic carbocycles. The number of nitrogens with one attached hydrogen (secondary N) is 1. The van der Waals surface area contributed by atoms with Crippen LogP contribution in [0.15, 0.2) is 48.8 Å². The molecule has 2 N–H and O–H groups in total. The Balaban J connectivity index is 1.38. The van der Waals surface area contributed by atoms with E-state index in [1.54, 1.807) is 41.6 Å². The summed E-state index contributed by atoms with van der Waals surface area (Å²) in [5.41, 5.74) is 3.22. The summed E-state index contributed by atoms with van der Waals surface area (Å²) in [6.07, 6.45) is 5.60. The van der Waals surface area contributed by atoms with Crippen molar-refractivity contribution in [2.45, 2.75) is 51.3 Å². The van der Waals surface area contributed by atoms with Gasteiger partial charge in [0.05, 0.1) is 18.3 Å². The Morgan fingerprint density at radius 3 is 2.64 bits per heavy atom. The molecule has 1 aliphatic heterocycles. The summed E-state index contributed by atoms with van der Waals surface area (Å²) in [7, 11) is 0. The van der Waals surface area contributed by atoms with E-state index in [4.69, 9.17) is 0 Å². The highest BCUT2D eigenvalue weighted by molar-refractivity contribution is 5.99. The monoisotopic (exact) mass is 446 g/mol. The average molecular weight is 447 g/mol. The molecule has 0 bridgehead atoms. The Kier molecular flexibility index (Phi) is 5.37. The highest BCUT2D eigenvalue weighted by Crippen LogP contribution is 2.41. The van der Waals surface area contributed by atoms with Crippen molar-refractivity contribution in [2.24, 2.45) is 0 Å². The first-order chi connectivity index (χ1) is 15.9. The largest absolute Gasteiger partial charge is 0.384 e. The van der Waals surface area contributed by atoms with Crippen LogP contribution in [0.4, 0.5) is 10.2 Å². The number of carbonyl (C=O) groups excluding carboxylic acids is 1. The Hall–Kier alpha value is -3.32. The van der Waals surface area contributed by atoms with Crippen LogP contribution in [0.3, 0.4) is 0 Å². The van der Waals surface area contributed by atoms with E-state index < -0.39 is 5.60 Å². The third-order valence-corrected chi connectivity index (χ3v) is 6.88. The maximum atomic E-state index is 15.1. The van der Waals surface area contributed by atoms with Crippen molar-refractivity contribution < 1.29 is 14.3 Å². The van der Waals surface area contributed by atoms with Crippen molar-refractivity contribution in [1.29, 1.82) is 0 Å². The number of aromatic nitrogens is 2. The van der Waals surface area contributed by atoms with E-state index in [0.717, 1.165) is 17.5 Å². The normalized spacial score (nSPS) is 17.5. The number of anilines is 1. The molecule has 0 saturated heterocycles. The maximum Gasteiger partial charge on any atom is 0.254 e. The molecule has 1 fully saturated rings. The van der Waals surface area contributed by atoms with Crippen molar-refractivity contribution in [2.75, 3.05) is 11.9 Å². The molecular weight excluding hydrogens is 419 g/mol. The highest BCUT2D eigenvalue weighted by Gasteiger charge is 2.37. The molecule has 1 amide bonds. The number of benzene rings is 1. The minimum atomic E-state index is -0.886. The molecule has 33 heavy (non-hydrogen) atoms. The number of rotatable bonds is 6. The Morgan fingerprint density at radius 1 is 1.15 bits per heavy atom. The zero-order valence-electron chi connectivity index (χ0n) is 18.8. The van der Waals surface area contributed by atoms with Gasteiger partial charge >= 0.3 is 0 Å². The molecular formula is C26H27FN4O2. The smallest absolute Gasteiger partial charge is 0.254 e. The van der Waals surface area contributed by atoms with E-state index in [2.05, 4.69) is 15.3 Å². The molecule has 3 heterocycles. The lowest BCUT2D eigenvalue weighted by Crippen LogP contribution is -2.34. The van der Waals surface area contributed by atoms with Gasteiger partial charge in [0, 0.05) is 35.6 Å². The predicted molar refractivity (Wildman–Crippen MR) is 124 cm³/mol. The van der Waals surface area contributed by atoms with E-state index in [9.17, 15) is 9.90 Å².